The molecular weight excluding hydrogens is 262 g/mol. The van der Waals surface area contributed by atoms with Crippen molar-refractivity contribution in [3.05, 3.63) is 0 Å². The topological polar surface area (TPSA) is 90.0 Å². The highest BCUT2D eigenvalue weighted by atomic mass is 16.4. The van der Waals surface area contributed by atoms with E-state index in [4.69, 9.17) is 5.11 Å². The molecule has 2 N–H and O–H groups in total. The first-order chi connectivity index (χ1) is 9.49. The van der Waals surface area contributed by atoms with E-state index in [-0.39, 0.29) is 30.9 Å². The molecule has 1 unspecified atom stereocenters. The summed E-state index contributed by atoms with van der Waals surface area (Å²) >= 11 is 0. The first-order valence-electron chi connectivity index (χ1n) is 6.97. The number of piperidine rings is 1. The number of nitrogens with zero attached hydrogens (tertiary/aromatic N) is 2. The van der Waals surface area contributed by atoms with Crippen LogP contribution in [-0.2, 0) is 9.59 Å². The molecule has 0 bridgehead atoms. The maximum Gasteiger partial charge on any atom is 0.320 e. The molecule has 3 amide bonds. The van der Waals surface area contributed by atoms with E-state index in [2.05, 4.69) is 5.32 Å². The fourth-order valence-corrected chi connectivity index (χ4v) is 2.41. The Labute approximate surface area is 118 Å². The number of carboxylic acids is 1. The summed E-state index contributed by atoms with van der Waals surface area (Å²) in [4.78, 5) is 37.8. The second-order valence-electron chi connectivity index (χ2n) is 4.91. The SMILES string of the molecule is CCN(CC(=O)NC)C(=O)N1CCCCC1CC(=O)O. The number of rotatable bonds is 5. The summed E-state index contributed by atoms with van der Waals surface area (Å²) in [6.07, 6.45) is 2.47. The summed E-state index contributed by atoms with van der Waals surface area (Å²) < 4.78 is 0. The zero-order valence-electron chi connectivity index (χ0n) is 12.1. The molecule has 1 rings (SSSR count). The Morgan fingerprint density at radius 2 is 2.05 bits per heavy atom. The van der Waals surface area contributed by atoms with Crippen molar-refractivity contribution in [1.29, 1.82) is 0 Å². The lowest BCUT2D eigenvalue weighted by Crippen LogP contribution is -2.52. The Bertz CT molecular complexity index is 373. The second kappa shape index (κ2) is 7.72. The van der Waals surface area contributed by atoms with Gasteiger partial charge in [-0.15, -0.1) is 0 Å². The molecule has 0 saturated carbocycles. The normalized spacial score (nSPS) is 18.5. The predicted octanol–water partition coefficient (Wildman–Crippen LogP) is 0.504. The van der Waals surface area contributed by atoms with E-state index in [1.165, 1.54) is 11.9 Å². The van der Waals surface area contributed by atoms with Crippen molar-refractivity contribution in [3.63, 3.8) is 0 Å². The molecule has 0 aromatic rings. The van der Waals surface area contributed by atoms with Crippen LogP contribution in [0.25, 0.3) is 0 Å². The fraction of sp³-hybridized carbons (Fsp3) is 0.769. The quantitative estimate of drug-likeness (QED) is 0.770. The Hall–Kier alpha value is -1.79. The van der Waals surface area contributed by atoms with E-state index < -0.39 is 5.97 Å². The van der Waals surface area contributed by atoms with Gasteiger partial charge in [-0.25, -0.2) is 4.79 Å². The zero-order valence-corrected chi connectivity index (χ0v) is 12.1. The predicted molar refractivity (Wildman–Crippen MR) is 73.3 cm³/mol. The van der Waals surface area contributed by atoms with Crippen LogP contribution in [-0.4, -0.2) is 65.5 Å². The minimum Gasteiger partial charge on any atom is -0.481 e. The highest BCUT2D eigenvalue weighted by Gasteiger charge is 2.31. The molecule has 114 valence electrons. The summed E-state index contributed by atoms with van der Waals surface area (Å²) in [6.45, 7) is 2.78. The van der Waals surface area contributed by atoms with Crippen molar-refractivity contribution in [2.75, 3.05) is 26.7 Å². The monoisotopic (exact) mass is 285 g/mol. The first-order valence-corrected chi connectivity index (χ1v) is 6.97. The van der Waals surface area contributed by atoms with Gasteiger partial charge in [0.05, 0.1) is 6.42 Å². The third-order valence-electron chi connectivity index (χ3n) is 3.55. The van der Waals surface area contributed by atoms with Crippen LogP contribution < -0.4 is 5.32 Å². The molecule has 1 heterocycles. The molecular formula is C13H23N3O4. The van der Waals surface area contributed by atoms with Gasteiger partial charge >= 0.3 is 12.0 Å². The molecule has 20 heavy (non-hydrogen) atoms. The Morgan fingerprint density at radius 1 is 1.35 bits per heavy atom. The Kier molecular flexibility index (Phi) is 6.27. The summed E-state index contributed by atoms with van der Waals surface area (Å²) in [5.41, 5.74) is 0. The average molecular weight is 285 g/mol. The van der Waals surface area contributed by atoms with Crippen LogP contribution in [0.4, 0.5) is 4.79 Å². The molecule has 7 heteroatoms. The Morgan fingerprint density at radius 3 is 2.60 bits per heavy atom. The molecule has 1 aliphatic rings. The van der Waals surface area contributed by atoms with Gasteiger partial charge < -0.3 is 20.2 Å². The van der Waals surface area contributed by atoms with Gasteiger partial charge in [-0.1, -0.05) is 0 Å². The molecule has 1 atom stereocenters. The number of carbonyl (C=O) groups is 3. The van der Waals surface area contributed by atoms with Gasteiger partial charge in [0.2, 0.25) is 5.91 Å². The highest BCUT2D eigenvalue weighted by Crippen LogP contribution is 2.21. The second-order valence-corrected chi connectivity index (χ2v) is 4.91. The van der Waals surface area contributed by atoms with E-state index >= 15 is 0 Å². The van der Waals surface area contributed by atoms with Crippen molar-refractivity contribution < 1.29 is 19.5 Å². The third kappa shape index (κ3) is 4.40. The van der Waals surface area contributed by atoms with Gasteiger partial charge in [0.1, 0.15) is 6.54 Å². The summed E-state index contributed by atoms with van der Waals surface area (Å²) in [5.74, 6) is -1.13. The van der Waals surface area contributed by atoms with Gasteiger partial charge in [0, 0.05) is 26.2 Å². The number of hydrogen-bond donors (Lipinski definition) is 2. The maximum atomic E-state index is 12.5. The van der Waals surface area contributed by atoms with E-state index in [1.54, 1.807) is 11.8 Å². The lowest BCUT2D eigenvalue weighted by atomic mass is 10.00. The molecule has 0 radical (unpaired) electrons. The standard InChI is InChI=1S/C13H23N3O4/c1-3-15(9-11(17)14-2)13(20)16-7-5-4-6-10(16)8-12(18)19/h10H,3-9H2,1-2H3,(H,14,17)(H,18,19). The number of carboxylic acid groups (broad SMARTS) is 1. The molecule has 0 spiro atoms. The van der Waals surface area contributed by atoms with Crippen LogP contribution in [0.2, 0.25) is 0 Å². The largest absolute Gasteiger partial charge is 0.481 e. The number of likely N-dealkylation sites (tertiary alicyclic amines) is 1. The number of likely N-dealkylation sites (N-methyl/N-ethyl adjacent to an activating group) is 2. The van der Waals surface area contributed by atoms with Gasteiger partial charge in [0.25, 0.3) is 0 Å². The van der Waals surface area contributed by atoms with Crippen LogP contribution in [0.3, 0.4) is 0 Å². The van der Waals surface area contributed by atoms with Crippen molar-refractivity contribution in [1.82, 2.24) is 15.1 Å². The minimum atomic E-state index is -0.899. The van der Waals surface area contributed by atoms with Gasteiger partial charge in [0.15, 0.2) is 0 Å². The van der Waals surface area contributed by atoms with Crippen LogP contribution in [0.1, 0.15) is 32.6 Å². The number of hydrogen-bond acceptors (Lipinski definition) is 3. The summed E-state index contributed by atoms with van der Waals surface area (Å²) in [5, 5.41) is 11.4. The van der Waals surface area contributed by atoms with Gasteiger partial charge in [-0.2, -0.15) is 0 Å². The molecule has 1 saturated heterocycles. The van der Waals surface area contributed by atoms with Crippen molar-refractivity contribution in [2.45, 2.75) is 38.6 Å². The lowest BCUT2D eigenvalue weighted by molar-refractivity contribution is -0.138. The van der Waals surface area contributed by atoms with Crippen LogP contribution in [0.5, 0.6) is 0 Å². The first kappa shape index (κ1) is 16.3. The fourth-order valence-electron chi connectivity index (χ4n) is 2.41. The number of carbonyl (C=O) groups excluding carboxylic acids is 2. The number of nitrogens with one attached hydrogen (secondary N) is 1. The number of urea groups is 1. The molecule has 1 fully saturated rings. The van der Waals surface area contributed by atoms with E-state index in [9.17, 15) is 14.4 Å². The van der Waals surface area contributed by atoms with Gasteiger partial charge in [-0.3, -0.25) is 9.59 Å². The summed E-state index contributed by atoms with van der Waals surface area (Å²) in [7, 11) is 1.52. The molecule has 7 nitrogen and oxygen atoms in total. The molecule has 0 aromatic heterocycles. The van der Waals surface area contributed by atoms with Crippen molar-refractivity contribution in [3.8, 4) is 0 Å². The molecule has 0 aromatic carbocycles. The van der Waals surface area contributed by atoms with E-state index in [0.717, 1.165) is 12.8 Å². The third-order valence-corrected chi connectivity index (χ3v) is 3.55. The zero-order chi connectivity index (χ0) is 15.1. The summed E-state index contributed by atoms with van der Waals surface area (Å²) in [6, 6.07) is -0.519. The van der Waals surface area contributed by atoms with E-state index in [1.807, 2.05) is 0 Å². The maximum absolute atomic E-state index is 12.5. The lowest BCUT2D eigenvalue weighted by Gasteiger charge is -2.38. The van der Waals surface area contributed by atoms with Crippen LogP contribution in [0.15, 0.2) is 0 Å². The van der Waals surface area contributed by atoms with Crippen LogP contribution >= 0.6 is 0 Å². The van der Waals surface area contributed by atoms with Crippen molar-refractivity contribution >= 4 is 17.9 Å². The highest BCUT2D eigenvalue weighted by molar-refractivity contribution is 5.84. The van der Waals surface area contributed by atoms with Crippen LogP contribution in [0, 0.1) is 0 Å². The average Bonchev–Trinajstić information content (AvgIpc) is 2.43. The van der Waals surface area contributed by atoms with Crippen molar-refractivity contribution in [2.24, 2.45) is 0 Å². The number of amides is 3. The molecule has 1 aliphatic heterocycles. The van der Waals surface area contributed by atoms with E-state index in [0.29, 0.717) is 19.5 Å². The smallest absolute Gasteiger partial charge is 0.320 e. The minimum absolute atomic E-state index is 0.00211. The van der Waals surface area contributed by atoms with Gasteiger partial charge in [-0.05, 0) is 26.2 Å². The number of aliphatic carboxylic acids is 1. The Balaban J connectivity index is 2.73. The molecule has 0 aliphatic carbocycles.